The van der Waals surface area contributed by atoms with Crippen molar-refractivity contribution in [2.24, 2.45) is 0 Å². The van der Waals surface area contributed by atoms with E-state index in [-0.39, 0.29) is 22.6 Å². The minimum absolute atomic E-state index is 0.109. The smallest absolute Gasteiger partial charge is 0.338 e. The predicted molar refractivity (Wildman–Crippen MR) is 94.2 cm³/mol. The fraction of sp³-hybridized carbons (Fsp3) is 0.250. The number of hydrogen-bond donors (Lipinski definition) is 0. The van der Waals surface area contributed by atoms with Gasteiger partial charge in [0, 0.05) is 0 Å². The van der Waals surface area contributed by atoms with Crippen LogP contribution in [0.1, 0.15) is 62.0 Å². The second-order valence-corrected chi connectivity index (χ2v) is 6.33. The van der Waals surface area contributed by atoms with Crippen molar-refractivity contribution in [3.8, 4) is 0 Å². The van der Waals surface area contributed by atoms with Gasteiger partial charge in [-0.3, -0.25) is 9.59 Å². The average molecular weight is 337 g/mol. The van der Waals surface area contributed by atoms with E-state index in [0.29, 0.717) is 5.69 Å². The first-order valence-corrected chi connectivity index (χ1v) is 8.08. The van der Waals surface area contributed by atoms with Gasteiger partial charge in [0.15, 0.2) is 0 Å². The number of esters is 1. The highest BCUT2D eigenvalue weighted by atomic mass is 16.5. The van der Waals surface area contributed by atoms with E-state index < -0.39 is 17.8 Å². The molecule has 1 aliphatic heterocycles. The highest BCUT2D eigenvalue weighted by Crippen LogP contribution is 2.37. The van der Waals surface area contributed by atoms with E-state index in [1.807, 2.05) is 39.0 Å². The Balaban J connectivity index is 2.22. The normalized spacial score (nSPS) is 13.4. The van der Waals surface area contributed by atoms with E-state index in [9.17, 15) is 14.4 Å². The molecule has 0 saturated carbocycles. The van der Waals surface area contributed by atoms with Crippen LogP contribution in [0.15, 0.2) is 36.4 Å². The van der Waals surface area contributed by atoms with Crippen molar-refractivity contribution in [2.75, 3.05) is 12.0 Å². The molecule has 5 heteroatoms. The highest BCUT2D eigenvalue weighted by Gasteiger charge is 2.41. The number of amides is 2. The zero-order chi connectivity index (χ0) is 18.3. The molecular weight excluding hydrogens is 318 g/mol. The largest absolute Gasteiger partial charge is 0.465 e. The van der Waals surface area contributed by atoms with Gasteiger partial charge in [-0.2, -0.15) is 0 Å². The van der Waals surface area contributed by atoms with Crippen LogP contribution < -0.4 is 4.90 Å². The van der Waals surface area contributed by atoms with Crippen LogP contribution in [-0.4, -0.2) is 24.9 Å². The molecule has 0 fully saturated rings. The Labute approximate surface area is 146 Å². The molecule has 0 unspecified atom stereocenters. The maximum atomic E-state index is 13.1. The molecule has 128 valence electrons. The first-order chi connectivity index (χ1) is 11.9. The number of rotatable bonds is 3. The lowest BCUT2D eigenvalue weighted by Gasteiger charge is -2.22. The van der Waals surface area contributed by atoms with Gasteiger partial charge in [0.1, 0.15) is 0 Å². The Kier molecular flexibility index (Phi) is 4.17. The zero-order valence-corrected chi connectivity index (χ0v) is 14.6. The molecule has 2 aromatic carbocycles. The van der Waals surface area contributed by atoms with Crippen LogP contribution in [0, 0.1) is 6.92 Å². The monoisotopic (exact) mass is 337 g/mol. The number of anilines is 1. The lowest BCUT2D eigenvalue weighted by Crippen LogP contribution is -2.31. The summed E-state index contributed by atoms with van der Waals surface area (Å²) in [5.74, 6) is -1.40. The van der Waals surface area contributed by atoms with Crippen LogP contribution in [0.5, 0.6) is 0 Å². The van der Waals surface area contributed by atoms with Crippen molar-refractivity contribution in [1.82, 2.24) is 0 Å². The molecule has 25 heavy (non-hydrogen) atoms. The van der Waals surface area contributed by atoms with Crippen molar-refractivity contribution in [1.29, 1.82) is 0 Å². The van der Waals surface area contributed by atoms with E-state index in [4.69, 9.17) is 4.74 Å². The molecule has 0 atom stereocenters. The van der Waals surface area contributed by atoms with Gasteiger partial charge >= 0.3 is 5.97 Å². The number of methoxy groups -OCH3 is 1. The molecule has 0 spiro atoms. The molecule has 2 amide bonds. The van der Waals surface area contributed by atoms with Crippen LogP contribution in [0.4, 0.5) is 5.69 Å². The third-order valence-corrected chi connectivity index (χ3v) is 4.43. The first-order valence-electron chi connectivity index (χ1n) is 8.08. The Morgan fingerprint density at radius 2 is 1.72 bits per heavy atom. The molecule has 0 aromatic heterocycles. The van der Waals surface area contributed by atoms with E-state index in [1.54, 1.807) is 12.1 Å². The maximum Gasteiger partial charge on any atom is 0.338 e. The van der Waals surface area contributed by atoms with Crippen molar-refractivity contribution < 1.29 is 19.1 Å². The van der Waals surface area contributed by atoms with E-state index in [0.717, 1.165) is 11.1 Å². The molecule has 2 aromatic rings. The van der Waals surface area contributed by atoms with Crippen LogP contribution >= 0.6 is 0 Å². The van der Waals surface area contributed by atoms with Gasteiger partial charge in [0.2, 0.25) is 0 Å². The molecular formula is C20H19NO4. The summed E-state index contributed by atoms with van der Waals surface area (Å²) >= 11 is 0. The van der Waals surface area contributed by atoms with Crippen LogP contribution in [0.3, 0.4) is 0 Å². The quantitative estimate of drug-likeness (QED) is 0.633. The Morgan fingerprint density at radius 1 is 1.04 bits per heavy atom. The number of fused-ring (bicyclic) bond motifs is 1. The molecule has 1 aliphatic rings. The van der Waals surface area contributed by atoms with Crippen LogP contribution in [0.25, 0.3) is 0 Å². The fourth-order valence-corrected chi connectivity index (χ4v) is 3.22. The number of ether oxygens (including phenoxy) is 1. The summed E-state index contributed by atoms with van der Waals surface area (Å²) in [6.07, 6.45) is 0. The molecule has 0 radical (unpaired) electrons. The number of nitrogens with zero attached hydrogens (tertiary/aromatic N) is 1. The van der Waals surface area contributed by atoms with Gasteiger partial charge < -0.3 is 4.74 Å². The second-order valence-electron chi connectivity index (χ2n) is 6.33. The number of imide groups is 1. The van der Waals surface area contributed by atoms with Crippen LogP contribution in [-0.2, 0) is 4.74 Å². The van der Waals surface area contributed by atoms with Gasteiger partial charge in [-0.05, 0) is 36.1 Å². The number of benzene rings is 2. The van der Waals surface area contributed by atoms with Gasteiger partial charge in [-0.25, -0.2) is 9.69 Å². The first kappa shape index (κ1) is 16.9. The molecule has 0 N–H and O–H groups in total. The summed E-state index contributed by atoms with van der Waals surface area (Å²) in [5.41, 5.74) is 2.79. The summed E-state index contributed by atoms with van der Waals surface area (Å²) in [4.78, 5) is 39.2. The Hall–Kier alpha value is -2.95. The van der Waals surface area contributed by atoms with Gasteiger partial charge in [-0.15, -0.1) is 0 Å². The highest BCUT2D eigenvalue weighted by molar-refractivity contribution is 6.36. The van der Waals surface area contributed by atoms with Crippen molar-refractivity contribution in [2.45, 2.75) is 26.7 Å². The summed E-state index contributed by atoms with van der Waals surface area (Å²) in [5, 5.41) is 0. The summed E-state index contributed by atoms with van der Waals surface area (Å²) < 4.78 is 4.75. The SMILES string of the molecule is COC(=O)c1cccc2c1C(=O)N(c1c(C)cccc1C(C)C)C2=O. The minimum atomic E-state index is -0.631. The molecule has 5 nitrogen and oxygen atoms in total. The average Bonchev–Trinajstić information content (AvgIpc) is 2.85. The third kappa shape index (κ3) is 2.52. The Morgan fingerprint density at radius 3 is 2.36 bits per heavy atom. The third-order valence-electron chi connectivity index (χ3n) is 4.43. The standard InChI is InChI=1S/C20H19NO4/c1-11(2)13-8-5-7-12(3)17(13)21-18(22)14-9-6-10-15(20(24)25-4)16(14)19(21)23/h5-11H,1-4H3. The summed E-state index contributed by atoms with van der Waals surface area (Å²) in [7, 11) is 1.25. The predicted octanol–water partition coefficient (Wildman–Crippen LogP) is 3.71. The van der Waals surface area contributed by atoms with E-state index in [2.05, 4.69) is 0 Å². The molecule has 3 rings (SSSR count). The lowest BCUT2D eigenvalue weighted by molar-refractivity contribution is 0.0597. The summed E-state index contributed by atoms with van der Waals surface area (Å²) in [6.45, 7) is 5.89. The molecule has 0 bridgehead atoms. The number of hydrogen-bond acceptors (Lipinski definition) is 4. The van der Waals surface area contributed by atoms with Crippen molar-refractivity contribution in [3.05, 3.63) is 64.2 Å². The molecule has 1 heterocycles. The zero-order valence-electron chi connectivity index (χ0n) is 14.6. The minimum Gasteiger partial charge on any atom is -0.465 e. The molecule has 0 aliphatic carbocycles. The fourth-order valence-electron chi connectivity index (χ4n) is 3.22. The van der Waals surface area contributed by atoms with Gasteiger partial charge in [-0.1, -0.05) is 38.1 Å². The van der Waals surface area contributed by atoms with E-state index >= 15 is 0 Å². The van der Waals surface area contributed by atoms with Gasteiger partial charge in [0.25, 0.3) is 11.8 Å². The molecule has 0 saturated heterocycles. The number of aryl methyl sites for hydroxylation is 1. The summed E-state index contributed by atoms with van der Waals surface area (Å²) in [6, 6.07) is 10.3. The van der Waals surface area contributed by atoms with Crippen molar-refractivity contribution >= 4 is 23.5 Å². The number of carbonyl (C=O) groups is 3. The topological polar surface area (TPSA) is 63.7 Å². The Bertz CT molecular complexity index is 899. The van der Waals surface area contributed by atoms with Gasteiger partial charge in [0.05, 0.1) is 29.5 Å². The second kappa shape index (κ2) is 6.16. The lowest BCUT2D eigenvalue weighted by atomic mass is 9.97. The maximum absolute atomic E-state index is 13.1. The number of carbonyl (C=O) groups excluding carboxylic acids is 3. The van der Waals surface area contributed by atoms with Crippen LogP contribution in [0.2, 0.25) is 0 Å². The number of para-hydroxylation sites is 1. The van der Waals surface area contributed by atoms with Crippen molar-refractivity contribution in [3.63, 3.8) is 0 Å². The van der Waals surface area contributed by atoms with E-state index in [1.165, 1.54) is 18.1 Å².